The van der Waals surface area contributed by atoms with Gasteiger partial charge in [-0.2, -0.15) is 0 Å². The minimum Gasteiger partial charge on any atom is -0.452 e. The molecule has 20 heavy (non-hydrogen) atoms. The summed E-state index contributed by atoms with van der Waals surface area (Å²) in [6.07, 6.45) is 4.87. The van der Waals surface area contributed by atoms with E-state index in [4.69, 9.17) is 9.26 Å². The first-order valence-corrected chi connectivity index (χ1v) is 7.03. The Balaban J connectivity index is 1.85. The van der Waals surface area contributed by atoms with Crippen LogP contribution in [0, 0.1) is 6.92 Å². The van der Waals surface area contributed by atoms with Gasteiger partial charge in [0, 0.05) is 6.04 Å². The van der Waals surface area contributed by atoms with E-state index in [1.165, 1.54) is 0 Å². The zero-order valence-electron chi connectivity index (χ0n) is 11.9. The van der Waals surface area contributed by atoms with E-state index in [9.17, 15) is 9.59 Å². The molecule has 0 spiro atoms. The number of rotatable bonds is 5. The second-order valence-corrected chi connectivity index (χ2v) is 5.04. The maximum atomic E-state index is 11.9. The molecule has 1 saturated carbocycles. The number of nitrogens with one attached hydrogen (secondary N) is 1. The number of carbonyl (C=O) groups is 2. The van der Waals surface area contributed by atoms with Crippen molar-refractivity contribution in [3.63, 3.8) is 0 Å². The fourth-order valence-electron chi connectivity index (χ4n) is 2.46. The summed E-state index contributed by atoms with van der Waals surface area (Å²) in [5, 5.41) is 6.66. The average Bonchev–Trinajstić information content (AvgIpc) is 3.05. The highest BCUT2D eigenvalue weighted by molar-refractivity contribution is 5.93. The van der Waals surface area contributed by atoms with Crippen LogP contribution in [0.1, 0.15) is 54.4 Å². The largest absolute Gasteiger partial charge is 0.452 e. The number of hydrogen-bond acceptors (Lipinski definition) is 5. The summed E-state index contributed by atoms with van der Waals surface area (Å²) in [4.78, 5) is 23.6. The van der Waals surface area contributed by atoms with Crippen molar-refractivity contribution in [2.24, 2.45) is 0 Å². The van der Waals surface area contributed by atoms with E-state index in [-0.39, 0.29) is 18.6 Å². The Hall–Kier alpha value is -1.85. The minimum absolute atomic E-state index is 0.227. The Morgan fingerprint density at radius 3 is 2.75 bits per heavy atom. The van der Waals surface area contributed by atoms with Crippen LogP contribution in [0.15, 0.2) is 4.52 Å². The summed E-state index contributed by atoms with van der Waals surface area (Å²) in [5.41, 5.74) is 0.893. The fourth-order valence-corrected chi connectivity index (χ4v) is 2.46. The molecule has 0 radical (unpaired) electrons. The first-order chi connectivity index (χ1) is 9.61. The van der Waals surface area contributed by atoms with Crippen molar-refractivity contribution in [1.82, 2.24) is 10.5 Å². The summed E-state index contributed by atoms with van der Waals surface area (Å²) in [5.74, 6) is -0.386. The van der Waals surface area contributed by atoms with Gasteiger partial charge in [-0.1, -0.05) is 24.9 Å². The van der Waals surface area contributed by atoms with Crippen LogP contribution >= 0.6 is 0 Å². The molecule has 1 aromatic heterocycles. The van der Waals surface area contributed by atoms with Crippen molar-refractivity contribution in [3.05, 3.63) is 17.0 Å². The van der Waals surface area contributed by atoms with Crippen LogP contribution in [0.4, 0.5) is 0 Å². The smallest absolute Gasteiger partial charge is 0.344 e. The van der Waals surface area contributed by atoms with Gasteiger partial charge < -0.3 is 14.6 Å². The van der Waals surface area contributed by atoms with Crippen LogP contribution in [-0.2, 0) is 16.0 Å². The minimum atomic E-state index is -0.554. The van der Waals surface area contributed by atoms with Crippen LogP contribution in [0.25, 0.3) is 0 Å². The van der Waals surface area contributed by atoms with Gasteiger partial charge in [-0.05, 0) is 26.2 Å². The van der Waals surface area contributed by atoms with Crippen LogP contribution in [0.5, 0.6) is 0 Å². The first kappa shape index (κ1) is 14.6. The zero-order valence-corrected chi connectivity index (χ0v) is 11.9. The monoisotopic (exact) mass is 280 g/mol. The van der Waals surface area contributed by atoms with Gasteiger partial charge in [0.1, 0.15) is 11.3 Å². The van der Waals surface area contributed by atoms with E-state index in [0.717, 1.165) is 25.7 Å². The highest BCUT2D eigenvalue weighted by Crippen LogP contribution is 2.18. The predicted molar refractivity (Wildman–Crippen MR) is 71.3 cm³/mol. The van der Waals surface area contributed by atoms with Crippen molar-refractivity contribution in [1.29, 1.82) is 0 Å². The van der Waals surface area contributed by atoms with Crippen LogP contribution < -0.4 is 5.32 Å². The molecular formula is C14H20N2O4. The van der Waals surface area contributed by atoms with E-state index < -0.39 is 5.97 Å². The third kappa shape index (κ3) is 3.37. The van der Waals surface area contributed by atoms with Crippen LogP contribution in [0.2, 0.25) is 0 Å². The second kappa shape index (κ2) is 6.54. The number of hydrogen-bond donors (Lipinski definition) is 1. The molecule has 6 nitrogen and oxygen atoms in total. The molecule has 0 saturated heterocycles. The van der Waals surface area contributed by atoms with Gasteiger partial charge in [0.05, 0.1) is 5.69 Å². The quantitative estimate of drug-likeness (QED) is 0.831. The standard InChI is InChI=1S/C14H20N2O4/c1-3-11-13(9(2)20-16-11)14(18)19-8-12(17)15-10-6-4-5-7-10/h10H,3-8H2,1-2H3,(H,15,17). The number of nitrogens with zero attached hydrogens (tertiary/aromatic N) is 1. The van der Waals surface area contributed by atoms with Gasteiger partial charge in [0.15, 0.2) is 6.61 Å². The highest BCUT2D eigenvalue weighted by Gasteiger charge is 2.22. The van der Waals surface area contributed by atoms with E-state index in [0.29, 0.717) is 23.4 Å². The van der Waals surface area contributed by atoms with E-state index in [1.54, 1.807) is 6.92 Å². The van der Waals surface area contributed by atoms with E-state index in [2.05, 4.69) is 10.5 Å². The summed E-state index contributed by atoms with van der Waals surface area (Å²) in [7, 11) is 0. The SMILES string of the molecule is CCc1noc(C)c1C(=O)OCC(=O)NC1CCCC1. The lowest BCUT2D eigenvalue weighted by Gasteiger charge is -2.11. The van der Waals surface area contributed by atoms with Gasteiger partial charge >= 0.3 is 5.97 Å². The van der Waals surface area contributed by atoms with Crippen molar-refractivity contribution >= 4 is 11.9 Å². The number of esters is 1. The van der Waals surface area contributed by atoms with Gasteiger partial charge in [0.25, 0.3) is 5.91 Å². The molecule has 1 aromatic rings. The molecule has 2 rings (SSSR count). The molecule has 1 amide bonds. The van der Waals surface area contributed by atoms with Gasteiger partial charge in [-0.15, -0.1) is 0 Å². The third-order valence-electron chi connectivity index (χ3n) is 3.53. The summed E-state index contributed by atoms with van der Waals surface area (Å²) >= 11 is 0. The number of ether oxygens (including phenoxy) is 1. The number of aromatic nitrogens is 1. The molecule has 0 aromatic carbocycles. The lowest BCUT2D eigenvalue weighted by atomic mass is 10.1. The molecule has 0 unspecified atom stereocenters. The molecular weight excluding hydrogens is 260 g/mol. The Kier molecular flexibility index (Phi) is 4.76. The summed E-state index contributed by atoms with van der Waals surface area (Å²) in [6, 6.07) is 0.227. The predicted octanol–water partition coefficient (Wildman–Crippen LogP) is 1.76. The Labute approximate surface area is 117 Å². The van der Waals surface area contributed by atoms with Crippen molar-refractivity contribution in [3.8, 4) is 0 Å². The first-order valence-electron chi connectivity index (χ1n) is 7.03. The van der Waals surface area contributed by atoms with E-state index >= 15 is 0 Å². The maximum Gasteiger partial charge on any atom is 0.344 e. The normalized spacial score (nSPS) is 15.3. The number of amides is 1. The lowest BCUT2D eigenvalue weighted by molar-refractivity contribution is -0.124. The molecule has 110 valence electrons. The topological polar surface area (TPSA) is 81.4 Å². The van der Waals surface area contributed by atoms with Gasteiger partial charge in [-0.25, -0.2) is 4.79 Å². The van der Waals surface area contributed by atoms with Crippen molar-refractivity contribution in [2.45, 2.75) is 52.0 Å². The fraction of sp³-hybridized carbons (Fsp3) is 0.643. The third-order valence-corrected chi connectivity index (χ3v) is 3.53. The van der Waals surface area contributed by atoms with Crippen molar-refractivity contribution < 1.29 is 18.8 Å². The van der Waals surface area contributed by atoms with E-state index in [1.807, 2.05) is 6.92 Å². The molecule has 1 heterocycles. The number of carbonyl (C=O) groups excluding carboxylic acids is 2. The molecule has 1 aliphatic carbocycles. The Morgan fingerprint density at radius 1 is 1.40 bits per heavy atom. The Bertz CT molecular complexity index is 489. The van der Waals surface area contributed by atoms with Crippen LogP contribution in [0.3, 0.4) is 0 Å². The maximum absolute atomic E-state index is 11.9. The number of aryl methyl sites for hydroxylation is 2. The molecule has 6 heteroatoms. The van der Waals surface area contributed by atoms with Gasteiger partial charge in [0.2, 0.25) is 0 Å². The molecule has 0 atom stereocenters. The molecule has 1 aliphatic rings. The summed E-state index contributed by atoms with van der Waals surface area (Å²) < 4.78 is 10.0. The Morgan fingerprint density at radius 2 is 2.10 bits per heavy atom. The molecule has 0 aliphatic heterocycles. The molecule has 0 bridgehead atoms. The average molecular weight is 280 g/mol. The lowest BCUT2D eigenvalue weighted by Crippen LogP contribution is -2.36. The second-order valence-electron chi connectivity index (χ2n) is 5.04. The molecule has 1 N–H and O–H groups in total. The van der Waals surface area contributed by atoms with Gasteiger partial charge in [-0.3, -0.25) is 4.79 Å². The summed E-state index contributed by atoms with van der Waals surface area (Å²) in [6.45, 7) is 3.27. The van der Waals surface area contributed by atoms with Crippen LogP contribution in [-0.4, -0.2) is 29.7 Å². The molecule has 1 fully saturated rings. The van der Waals surface area contributed by atoms with Crippen molar-refractivity contribution in [2.75, 3.05) is 6.61 Å². The highest BCUT2D eigenvalue weighted by atomic mass is 16.5. The zero-order chi connectivity index (χ0) is 14.5.